The van der Waals surface area contributed by atoms with Gasteiger partial charge in [0.25, 0.3) is 0 Å². The molecule has 0 spiro atoms. The molecule has 8 heteroatoms. The highest BCUT2D eigenvalue weighted by atomic mass is 35.5. The van der Waals surface area contributed by atoms with Gasteiger partial charge in [0.05, 0.1) is 0 Å². The van der Waals surface area contributed by atoms with E-state index in [4.69, 9.17) is 10.2 Å². The van der Waals surface area contributed by atoms with E-state index in [2.05, 4.69) is 0 Å². The van der Waals surface area contributed by atoms with Crippen molar-refractivity contribution in [3.8, 4) is 0 Å². The van der Waals surface area contributed by atoms with Crippen LogP contribution >= 0.6 is 12.4 Å². The number of rotatable bonds is 1. The minimum atomic E-state index is -4.71. The maximum atomic E-state index is 13.3. The summed E-state index contributed by atoms with van der Waals surface area (Å²) in [6.45, 7) is 1.27. The van der Waals surface area contributed by atoms with Gasteiger partial charge in [0.2, 0.25) is 0 Å². The summed E-state index contributed by atoms with van der Waals surface area (Å²) in [6.07, 6.45) is -4.71. The second kappa shape index (κ2) is 4.97. The number of aryl methyl sites for hydroxylation is 1. The molecule has 1 atom stereocenters. The number of halogens is 6. The predicted octanol–water partition coefficient (Wildman–Crippen LogP) is 4.00. The van der Waals surface area contributed by atoms with E-state index < -0.39 is 35.2 Å². The van der Waals surface area contributed by atoms with Gasteiger partial charge < -0.3 is 10.2 Å². The lowest BCUT2D eigenvalue weighted by molar-refractivity contribution is -0.152. The summed E-state index contributed by atoms with van der Waals surface area (Å²) in [7, 11) is 0. The Kier molecular flexibility index (Phi) is 4.11. The fourth-order valence-electron chi connectivity index (χ4n) is 1.71. The van der Waals surface area contributed by atoms with Crippen LogP contribution in [0.3, 0.4) is 0 Å². The Labute approximate surface area is 110 Å². The average Bonchev–Trinajstić information content (AvgIpc) is 2.54. The van der Waals surface area contributed by atoms with Crippen LogP contribution in [0, 0.1) is 18.6 Å². The van der Waals surface area contributed by atoms with Crippen LogP contribution < -0.4 is 5.73 Å². The first-order valence-electron chi connectivity index (χ1n) is 4.92. The SMILES string of the molecule is Cc1c(C(N)C(F)(F)F)oc2c(F)cc(F)cc12.Cl. The molecule has 1 heterocycles. The van der Waals surface area contributed by atoms with Crippen LogP contribution in [0.15, 0.2) is 16.5 Å². The zero-order chi connectivity index (χ0) is 13.7. The van der Waals surface area contributed by atoms with Crippen molar-refractivity contribution in [1.82, 2.24) is 0 Å². The van der Waals surface area contributed by atoms with Crippen molar-refractivity contribution in [1.29, 1.82) is 0 Å². The molecule has 0 amide bonds. The van der Waals surface area contributed by atoms with Gasteiger partial charge in [-0.3, -0.25) is 0 Å². The lowest BCUT2D eigenvalue weighted by Crippen LogP contribution is -2.28. The fourth-order valence-corrected chi connectivity index (χ4v) is 1.71. The summed E-state index contributed by atoms with van der Waals surface area (Å²) in [5, 5.41) is -0.0535. The lowest BCUT2D eigenvalue weighted by Gasteiger charge is -2.13. The quantitative estimate of drug-likeness (QED) is 0.809. The maximum Gasteiger partial charge on any atom is 0.410 e. The molecule has 0 radical (unpaired) electrons. The second-order valence-electron chi connectivity index (χ2n) is 3.87. The molecule has 0 fully saturated rings. The highest BCUT2D eigenvalue weighted by Gasteiger charge is 2.41. The lowest BCUT2D eigenvalue weighted by atomic mass is 10.1. The summed E-state index contributed by atoms with van der Waals surface area (Å²) < 4.78 is 68.5. The van der Waals surface area contributed by atoms with Gasteiger partial charge in [0.15, 0.2) is 17.4 Å². The summed E-state index contributed by atoms with van der Waals surface area (Å²) in [4.78, 5) is 0. The first-order chi connectivity index (χ1) is 8.21. The van der Waals surface area contributed by atoms with Crippen LogP contribution in [-0.2, 0) is 0 Å². The van der Waals surface area contributed by atoms with E-state index in [-0.39, 0.29) is 23.4 Å². The predicted molar refractivity (Wildman–Crippen MR) is 61.1 cm³/mol. The molecule has 2 rings (SSSR count). The third-order valence-corrected chi connectivity index (χ3v) is 2.63. The Morgan fingerprint density at radius 2 is 1.79 bits per heavy atom. The van der Waals surface area contributed by atoms with E-state index in [1.807, 2.05) is 0 Å². The molecule has 0 aliphatic carbocycles. The number of furan rings is 1. The van der Waals surface area contributed by atoms with Crippen molar-refractivity contribution in [2.45, 2.75) is 19.1 Å². The number of alkyl halides is 3. The van der Waals surface area contributed by atoms with E-state index in [0.717, 1.165) is 6.07 Å². The van der Waals surface area contributed by atoms with Crippen molar-refractivity contribution in [2.75, 3.05) is 0 Å². The van der Waals surface area contributed by atoms with E-state index in [9.17, 15) is 22.0 Å². The minimum absolute atomic E-state index is 0. The highest BCUT2D eigenvalue weighted by Crippen LogP contribution is 2.37. The van der Waals surface area contributed by atoms with Crippen molar-refractivity contribution in [3.63, 3.8) is 0 Å². The number of hydrogen-bond acceptors (Lipinski definition) is 2. The normalized spacial score (nSPS) is 13.4. The molecule has 0 bridgehead atoms. The smallest absolute Gasteiger partial charge is 0.410 e. The van der Waals surface area contributed by atoms with Crippen LogP contribution in [0.25, 0.3) is 11.0 Å². The molecule has 0 saturated heterocycles. The monoisotopic (exact) mass is 301 g/mol. The molecule has 106 valence electrons. The third kappa shape index (κ3) is 2.66. The molecule has 1 aromatic heterocycles. The van der Waals surface area contributed by atoms with Gasteiger partial charge in [-0.1, -0.05) is 0 Å². The molecule has 1 unspecified atom stereocenters. The maximum absolute atomic E-state index is 13.3. The number of hydrogen-bond donors (Lipinski definition) is 1. The van der Waals surface area contributed by atoms with E-state index >= 15 is 0 Å². The third-order valence-electron chi connectivity index (χ3n) is 2.63. The van der Waals surface area contributed by atoms with E-state index in [0.29, 0.717) is 6.07 Å². The molecule has 0 aliphatic rings. The first kappa shape index (κ1) is 15.7. The van der Waals surface area contributed by atoms with Gasteiger partial charge in [0, 0.05) is 17.0 Å². The molecule has 0 saturated carbocycles. The molecule has 2 N–H and O–H groups in total. The van der Waals surface area contributed by atoms with Gasteiger partial charge in [-0.2, -0.15) is 13.2 Å². The van der Waals surface area contributed by atoms with Crippen LogP contribution in [0.2, 0.25) is 0 Å². The second-order valence-corrected chi connectivity index (χ2v) is 3.87. The summed E-state index contributed by atoms with van der Waals surface area (Å²) >= 11 is 0. The molecular formula is C11H9ClF5NO. The Bertz CT molecular complexity index is 607. The molecule has 0 aliphatic heterocycles. The van der Waals surface area contributed by atoms with E-state index in [1.165, 1.54) is 6.92 Å². The zero-order valence-corrected chi connectivity index (χ0v) is 10.3. The summed E-state index contributed by atoms with van der Waals surface area (Å²) in [6, 6.07) is -0.926. The van der Waals surface area contributed by atoms with Gasteiger partial charge in [-0.05, 0) is 13.0 Å². The fraction of sp³-hybridized carbons (Fsp3) is 0.273. The first-order valence-corrected chi connectivity index (χ1v) is 4.92. The number of nitrogens with two attached hydrogens (primary N) is 1. The Balaban J connectivity index is 0.00000180. The molecule has 2 nitrogen and oxygen atoms in total. The van der Waals surface area contributed by atoms with E-state index in [1.54, 1.807) is 0 Å². The van der Waals surface area contributed by atoms with Crippen LogP contribution in [0.4, 0.5) is 22.0 Å². The van der Waals surface area contributed by atoms with Crippen LogP contribution in [0.1, 0.15) is 17.4 Å². The average molecular weight is 302 g/mol. The molecule has 19 heavy (non-hydrogen) atoms. The standard InChI is InChI=1S/C11H8F5NO.ClH/c1-4-6-2-5(12)3-7(13)9(6)18-8(4)10(17)11(14,15)16;/h2-3,10H,17H2,1H3;1H. The van der Waals surface area contributed by atoms with Gasteiger partial charge in [-0.25, -0.2) is 8.78 Å². The van der Waals surface area contributed by atoms with Gasteiger partial charge in [0.1, 0.15) is 11.6 Å². The van der Waals surface area contributed by atoms with Gasteiger partial charge >= 0.3 is 6.18 Å². The van der Waals surface area contributed by atoms with Crippen LogP contribution in [-0.4, -0.2) is 6.18 Å². The topological polar surface area (TPSA) is 39.2 Å². The Morgan fingerprint density at radius 1 is 1.21 bits per heavy atom. The Hall–Kier alpha value is -1.34. The Morgan fingerprint density at radius 3 is 2.32 bits per heavy atom. The molecule has 1 aromatic carbocycles. The summed E-state index contributed by atoms with van der Waals surface area (Å²) in [5.74, 6) is -2.56. The highest BCUT2D eigenvalue weighted by molar-refractivity contribution is 5.85. The van der Waals surface area contributed by atoms with Crippen LogP contribution in [0.5, 0.6) is 0 Å². The largest absolute Gasteiger partial charge is 0.456 e. The minimum Gasteiger partial charge on any atom is -0.456 e. The molecular weight excluding hydrogens is 293 g/mol. The van der Waals surface area contributed by atoms with Crippen molar-refractivity contribution < 1.29 is 26.4 Å². The van der Waals surface area contributed by atoms with Gasteiger partial charge in [-0.15, -0.1) is 12.4 Å². The van der Waals surface area contributed by atoms with Crippen molar-refractivity contribution >= 4 is 23.4 Å². The number of fused-ring (bicyclic) bond motifs is 1. The zero-order valence-electron chi connectivity index (χ0n) is 9.52. The summed E-state index contributed by atoms with van der Waals surface area (Å²) in [5.41, 5.74) is 4.54. The van der Waals surface area contributed by atoms with Crippen molar-refractivity contribution in [2.24, 2.45) is 5.73 Å². The van der Waals surface area contributed by atoms with Crippen molar-refractivity contribution in [3.05, 3.63) is 35.1 Å². The number of benzene rings is 1. The molecule has 2 aromatic rings.